The molecular weight excluding hydrogens is 288 g/mol. The number of hydrogen-bond acceptors (Lipinski definition) is 2. The van der Waals surface area contributed by atoms with Crippen molar-refractivity contribution in [1.82, 2.24) is 0 Å². The zero-order chi connectivity index (χ0) is 16.6. The molecule has 0 fully saturated rings. The summed E-state index contributed by atoms with van der Waals surface area (Å²) < 4.78 is 6.29. The molecule has 0 bridgehead atoms. The van der Waals surface area contributed by atoms with Crippen molar-refractivity contribution in [2.75, 3.05) is 0 Å². The predicted molar refractivity (Wildman–Crippen MR) is 97.2 cm³/mol. The molecule has 1 aromatic carbocycles. The van der Waals surface area contributed by atoms with Crippen LogP contribution in [0.4, 0.5) is 0 Å². The highest BCUT2D eigenvalue weighted by molar-refractivity contribution is 6.77. The summed E-state index contributed by atoms with van der Waals surface area (Å²) in [6, 6.07) is 9.52. The van der Waals surface area contributed by atoms with E-state index in [1.165, 1.54) is 19.3 Å². The van der Waals surface area contributed by atoms with Gasteiger partial charge in [-0.25, -0.2) is 0 Å². The lowest BCUT2D eigenvalue weighted by Crippen LogP contribution is -2.42. The van der Waals surface area contributed by atoms with E-state index in [2.05, 4.69) is 26.6 Å². The van der Waals surface area contributed by atoms with Gasteiger partial charge in [0, 0.05) is 17.7 Å². The molecule has 1 aromatic rings. The number of hydrogen-bond donors (Lipinski definition) is 0. The summed E-state index contributed by atoms with van der Waals surface area (Å²) in [6.45, 7) is 11.3. The maximum absolute atomic E-state index is 12.3. The van der Waals surface area contributed by atoms with Gasteiger partial charge >= 0.3 is 0 Å². The average molecular weight is 321 g/mol. The topological polar surface area (TPSA) is 26.3 Å². The Labute approximate surface area is 137 Å². The number of ether oxygens (including phenoxy) is 1. The number of benzene rings is 1. The van der Waals surface area contributed by atoms with E-state index < -0.39 is 8.07 Å². The number of carbonyl (C=O) groups excluding carboxylic acids is 1. The molecule has 0 heterocycles. The molecule has 22 heavy (non-hydrogen) atoms. The highest BCUT2D eigenvalue weighted by Gasteiger charge is 2.29. The first-order valence-electron chi connectivity index (χ1n) is 8.58. The molecule has 0 aliphatic heterocycles. The van der Waals surface area contributed by atoms with E-state index in [4.69, 9.17) is 4.74 Å². The van der Waals surface area contributed by atoms with Crippen molar-refractivity contribution in [1.29, 1.82) is 0 Å². The molecule has 124 valence electrons. The molecule has 0 aliphatic rings. The van der Waals surface area contributed by atoms with E-state index in [9.17, 15) is 4.79 Å². The smallest absolute Gasteiger partial charge is 0.165 e. The van der Waals surface area contributed by atoms with Gasteiger partial charge in [-0.1, -0.05) is 76.2 Å². The second kappa shape index (κ2) is 9.26. The van der Waals surface area contributed by atoms with Crippen molar-refractivity contribution >= 4 is 13.9 Å². The molecule has 0 aliphatic carbocycles. The maximum Gasteiger partial charge on any atom is 0.165 e. The molecular formula is C19H32O2Si. The van der Waals surface area contributed by atoms with Gasteiger partial charge in [-0.3, -0.25) is 4.79 Å². The summed E-state index contributed by atoms with van der Waals surface area (Å²) in [5.74, 6) is 0.177. The van der Waals surface area contributed by atoms with Crippen molar-refractivity contribution in [3.63, 3.8) is 0 Å². The summed E-state index contributed by atoms with van der Waals surface area (Å²) in [4.78, 5) is 12.3. The maximum atomic E-state index is 12.3. The van der Waals surface area contributed by atoms with Gasteiger partial charge in [0.25, 0.3) is 0 Å². The third-order valence-corrected chi connectivity index (χ3v) is 6.36. The zero-order valence-electron chi connectivity index (χ0n) is 14.9. The Morgan fingerprint density at radius 3 is 2.32 bits per heavy atom. The normalized spacial score (nSPS) is 14.6. The summed E-state index contributed by atoms with van der Waals surface area (Å²) in [5, 5.41) is 0. The van der Waals surface area contributed by atoms with Crippen LogP contribution >= 0.6 is 0 Å². The van der Waals surface area contributed by atoms with E-state index in [0.717, 1.165) is 12.0 Å². The fourth-order valence-corrected chi connectivity index (χ4v) is 4.33. The number of rotatable bonds is 10. The highest BCUT2D eigenvalue weighted by Crippen LogP contribution is 2.21. The summed E-state index contributed by atoms with van der Waals surface area (Å²) in [5.41, 5.74) is 1.13. The van der Waals surface area contributed by atoms with E-state index in [1.54, 1.807) is 0 Å². The quantitative estimate of drug-likeness (QED) is 0.324. The second-order valence-electron chi connectivity index (χ2n) is 7.29. The molecule has 0 unspecified atom stereocenters. The molecule has 0 spiro atoms. The first-order chi connectivity index (χ1) is 10.3. The fourth-order valence-electron chi connectivity index (χ4n) is 2.62. The van der Waals surface area contributed by atoms with Crippen molar-refractivity contribution < 1.29 is 9.53 Å². The van der Waals surface area contributed by atoms with Crippen LogP contribution in [0.2, 0.25) is 19.6 Å². The molecule has 0 saturated carbocycles. The molecule has 2 atom stereocenters. The lowest BCUT2D eigenvalue weighted by Gasteiger charge is -2.31. The molecule has 1 rings (SSSR count). The van der Waals surface area contributed by atoms with Gasteiger partial charge in [-0.15, -0.1) is 0 Å². The summed E-state index contributed by atoms with van der Waals surface area (Å²) in [6.07, 6.45) is 5.32. The monoisotopic (exact) mass is 320 g/mol. The van der Waals surface area contributed by atoms with Crippen LogP contribution in [0.5, 0.6) is 0 Å². The molecule has 0 amide bonds. The SMILES string of the molecule is CCCCC[C@@H](O[C@@H](C)CC(=O)c1ccccc1)[Si](C)(C)C. The minimum Gasteiger partial charge on any atom is -0.378 e. The molecule has 0 N–H and O–H groups in total. The van der Waals surface area contributed by atoms with Crippen LogP contribution in [0, 0.1) is 0 Å². The van der Waals surface area contributed by atoms with Gasteiger partial charge in [0.2, 0.25) is 0 Å². The second-order valence-corrected chi connectivity index (χ2v) is 12.7. The largest absolute Gasteiger partial charge is 0.378 e. The van der Waals surface area contributed by atoms with Gasteiger partial charge < -0.3 is 4.74 Å². The minimum absolute atomic E-state index is 0.00828. The first-order valence-corrected chi connectivity index (χ1v) is 12.2. The third kappa shape index (κ3) is 6.88. The summed E-state index contributed by atoms with van der Waals surface area (Å²) in [7, 11) is -1.36. The van der Waals surface area contributed by atoms with Gasteiger partial charge in [-0.05, 0) is 13.3 Å². The van der Waals surface area contributed by atoms with Crippen molar-refractivity contribution in [3.05, 3.63) is 35.9 Å². The Morgan fingerprint density at radius 2 is 1.77 bits per heavy atom. The Morgan fingerprint density at radius 1 is 1.14 bits per heavy atom. The van der Waals surface area contributed by atoms with Crippen LogP contribution < -0.4 is 0 Å². The van der Waals surface area contributed by atoms with E-state index >= 15 is 0 Å². The van der Waals surface area contributed by atoms with Crippen molar-refractivity contribution in [3.8, 4) is 0 Å². The number of Topliss-reactive ketones (excluding diaryl/α,β-unsaturated/α-hetero) is 1. The van der Waals surface area contributed by atoms with E-state index in [-0.39, 0.29) is 11.9 Å². The molecule has 0 saturated heterocycles. The number of ketones is 1. The van der Waals surface area contributed by atoms with Crippen molar-refractivity contribution in [2.45, 2.75) is 77.4 Å². The molecule has 0 radical (unpaired) electrons. The van der Waals surface area contributed by atoms with Crippen LogP contribution in [0.15, 0.2) is 30.3 Å². The van der Waals surface area contributed by atoms with Crippen LogP contribution in [-0.4, -0.2) is 25.7 Å². The zero-order valence-corrected chi connectivity index (χ0v) is 15.9. The molecule has 2 nitrogen and oxygen atoms in total. The van der Waals surface area contributed by atoms with Gasteiger partial charge in [0.1, 0.15) is 0 Å². The third-order valence-electron chi connectivity index (χ3n) is 4.00. The van der Waals surface area contributed by atoms with E-state index in [0.29, 0.717) is 12.1 Å². The number of unbranched alkanes of at least 4 members (excludes halogenated alkanes) is 2. The van der Waals surface area contributed by atoms with Gasteiger partial charge in [0.05, 0.1) is 14.2 Å². The summed E-state index contributed by atoms with van der Waals surface area (Å²) >= 11 is 0. The average Bonchev–Trinajstić information content (AvgIpc) is 2.46. The standard InChI is InChI=1S/C19H32O2Si/c1-6-7-9-14-19(22(3,4)5)21-16(2)15-18(20)17-12-10-8-11-13-17/h8,10-13,16,19H,6-7,9,14-15H2,1-5H3/t16-,19-/m0/s1. The van der Waals surface area contributed by atoms with Gasteiger partial charge in [0.15, 0.2) is 5.78 Å². The highest BCUT2D eigenvalue weighted by atomic mass is 28.3. The Kier molecular flexibility index (Phi) is 8.05. The van der Waals surface area contributed by atoms with Gasteiger partial charge in [-0.2, -0.15) is 0 Å². The van der Waals surface area contributed by atoms with Crippen LogP contribution in [0.3, 0.4) is 0 Å². The lowest BCUT2D eigenvalue weighted by atomic mass is 10.1. The molecule has 3 heteroatoms. The lowest BCUT2D eigenvalue weighted by molar-refractivity contribution is 0.0266. The van der Waals surface area contributed by atoms with Crippen LogP contribution in [-0.2, 0) is 4.74 Å². The van der Waals surface area contributed by atoms with E-state index in [1.807, 2.05) is 37.3 Å². The van der Waals surface area contributed by atoms with Crippen LogP contribution in [0.1, 0.15) is 56.3 Å². The van der Waals surface area contributed by atoms with Crippen LogP contribution in [0.25, 0.3) is 0 Å². The number of carbonyl (C=O) groups is 1. The minimum atomic E-state index is -1.36. The Bertz CT molecular complexity index is 436. The Balaban J connectivity index is 2.55. The predicted octanol–water partition coefficient (Wildman–Crippen LogP) is 5.49. The molecule has 0 aromatic heterocycles. The fraction of sp³-hybridized carbons (Fsp3) is 0.632. The van der Waals surface area contributed by atoms with Crippen molar-refractivity contribution in [2.24, 2.45) is 0 Å². The first kappa shape index (κ1) is 19.1. The Hall–Kier alpha value is -0.933.